The first kappa shape index (κ1) is 20.9. The number of ether oxygens (including phenoxy) is 2. The first-order valence-corrected chi connectivity index (χ1v) is 11.7. The molecule has 32 heavy (non-hydrogen) atoms. The van der Waals surface area contributed by atoms with Crippen LogP contribution >= 0.6 is 0 Å². The second-order valence-corrected chi connectivity index (χ2v) is 9.01. The van der Waals surface area contributed by atoms with E-state index in [-0.39, 0.29) is 17.9 Å². The van der Waals surface area contributed by atoms with Gasteiger partial charge in [-0.2, -0.15) is 0 Å². The Hall–Kier alpha value is -3.02. The number of hydrogen-bond acceptors (Lipinski definition) is 4. The van der Waals surface area contributed by atoms with E-state index in [0.717, 1.165) is 44.6 Å². The number of carbonyl (C=O) groups is 2. The summed E-state index contributed by atoms with van der Waals surface area (Å²) in [6.07, 6.45) is 3.83. The largest absolute Gasteiger partial charge is 0.491 e. The van der Waals surface area contributed by atoms with Gasteiger partial charge in [-0.05, 0) is 49.4 Å². The third-order valence-electron chi connectivity index (χ3n) is 7.02. The Morgan fingerprint density at radius 3 is 2.62 bits per heavy atom. The molecule has 1 aliphatic carbocycles. The molecule has 0 aromatic heterocycles. The monoisotopic (exact) mass is 434 g/mol. The number of para-hydroxylation sites is 2. The Morgan fingerprint density at radius 1 is 1.00 bits per heavy atom. The van der Waals surface area contributed by atoms with Crippen LogP contribution in [0, 0.1) is 11.8 Å². The van der Waals surface area contributed by atoms with Crippen molar-refractivity contribution < 1.29 is 19.1 Å². The van der Waals surface area contributed by atoms with E-state index in [1.54, 1.807) is 0 Å². The minimum atomic E-state index is 0.0192. The fourth-order valence-electron chi connectivity index (χ4n) is 5.35. The topological polar surface area (TPSA) is 59.1 Å². The standard InChI is InChI=1S/C26H30N2O4/c29-25-11-6-14-27(25)15-16-31-23-10-5-4-9-21(23)26(30)28-17-19-12-13-24(22(19)18-28)32-20-7-2-1-3-8-20/h1-5,7-10,19,22,24H,6,11-18H2/t19-,22+,24-/m0/s1. The van der Waals surface area contributed by atoms with Crippen LogP contribution in [0.4, 0.5) is 0 Å². The van der Waals surface area contributed by atoms with Gasteiger partial charge in [-0.25, -0.2) is 0 Å². The van der Waals surface area contributed by atoms with Gasteiger partial charge in [0.2, 0.25) is 5.91 Å². The van der Waals surface area contributed by atoms with Crippen molar-refractivity contribution in [1.29, 1.82) is 0 Å². The summed E-state index contributed by atoms with van der Waals surface area (Å²) in [6, 6.07) is 17.4. The summed E-state index contributed by atoms with van der Waals surface area (Å²) in [5.41, 5.74) is 0.598. The van der Waals surface area contributed by atoms with Crippen molar-refractivity contribution in [2.75, 3.05) is 32.8 Å². The lowest BCUT2D eigenvalue weighted by molar-refractivity contribution is -0.128. The van der Waals surface area contributed by atoms with Crippen molar-refractivity contribution in [3.8, 4) is 11.5 Å². The van der Waals surface area contributed by atoms with E-state index in [9.17, 15) is 9.59 Å². The van der Waals surface area contributed by atoms with Gasteiger partial charge in [0, 0.05) is 32.0 Å². The molecule has 6 nitrogen and oxygen atoms in total. The maximum atomic E-state index is 13.4. The summed E-state index contributed by atoms with van der Waals surface area (Å²) in [5, 5.41) is 0. The highest BCUT2D eigenvalue weighted by molar-refractivity contribution is 5.97. The van der Waals surface area contributed by atoms with Gasteiger partial charge in [0.15, 0.2) is 0 Å². The number of amides is 2. The molecule has 2 heterocycles. The Labute approximate surface area is 189 Å². The minimum absolute atomic E-state index is 0.0192. The smallest absolute Gasteiger partial charge is 0.257 e. The molecule has 0 bridgehead atoms. The molecule has 3 fully saturated rings. The molecule has 2 aromatic rings. The number of benzene rings is 2. The van der Waals surface area contributed by atoms with Gasteiger partial charge in [-0.1, -0.05) is 30.3 Å². The Balaban J connectivity index is 1.21. The van der Waals surface area contributed by atoms with Gasteiger partial charge >= 0.3 is 0 Å². The molecule has 0 unspecified atom stereocenters. The van der Waals surface area contributed by atoms with Crippen molar-refractivity contribution in [2.24, 2.45) is 11.8 Å². The van der Waals surface area contributed by atoms with Gasteiger partial charge < -0.3 is 19.3 Å². The van der Waals surface area contributed by atoms with Gasteiger partial charge in [-0.15, -0.1) is 0 Å². The average molecular weight is 435 g/mol. The summed E-state index contributed by atoms with van der Waals surface area (Å²) in [7, 11) is 0. The summed E-state index contributed by atoms with van der Waals surface area (Å²) < 4.78 is 12.2. The van der Waals surface area contributed by atoms with E-state index in [1.165, 1.54) is 0 Å². The summed E-state index contributed by atoms with van der Waals surface area (Å²) in [5.74, 6) is 2.56. The molecule has 3 atom stereocenters. The van der Waals surface area contributed by atoms with E-state index in [0.29, 0.717) is 42.7 Å². The summed E-state index contributed by atoms with van der Waals surface area (Å²) >= 11 is 0. The van der Waals surface area contributed by atoms with Crippen molar-refractivity contribution in [2.45, 2.75) is 31.8 Å². The van der Waals surface area contributed by atoms with Gasteiger partial charge in [-0.3, -0.25) is 9.59 Å². The van der Waals surface area contributed by atoms with Crippen LogP contribution in [0.25, 0.3) is 0 Å². The van der Waals surface area contributed by atoms with Crippen LogP contribution in [0.5, 0.6) is 11.5 Å². The normalized spacial score (nSPS) is 24.6. The number of rotatable bonds is 7. The molecular formula is C26H30N2O4. The number of likely N-dealkylation sites (tertiary alicyclic amines) is 2. The maximum absolute atomic E-state index is 13.4. The SMILES string of the molecule is O=C1CCCN1CCOc1ccccc1C(=O)N1C[C@@H]2CC[C@H](Oc3ccccc3)[C@@H]2C1. The lowest BCUT2D eigenvalue weighted by Gasteiger charge is -2.23. The predicted octanol–water partition coefficient (Wildman–Crippen LogP) is 3.62. The van der Waals surface area contributed by atoms with Gasteiger partial charge in [0.25, 0.3) is 5.91 Å². The molecule has 168 valence electrons. The molecule has 2 amide bonds. The molecule has 2 saturated heterocycles. The molecule has 1 saturated carbocycles. The third-order valence-corrected chi connectivity index (χ3v) is 7.02. The van der Waals surface area contributed by atoms with Crippen molar-refractivity contribution in [1.82, 2.24) is 9.80 Å². The number of carbonyl (C=O) groups excluding carboxylic acids is 2. The van der Waals surface area contributed by atoms with E-state index >= 15 is 0 Å². The second-order valence-electron chi connectivity index (χ2n) is 9.01. The highest BCUT2D eigenvalue weighted by Crippen LogP contribution is 2.41. The van der Waals surface area contributed by atoms with E-state index in [1.807, 2.05) is 64.4 Å². The zero-order valence-corrected chi connectivity index (χ0v) is 18.3. The molecule has 5 rings (SSSR count). The number of hydrogen-bond donors (Lipinski definition) is 0. The van der Waals surface area contributed by atoms with Crippen molar-refractivity contribution >= 4 is 11.8 Å². The predicted molar refractivity (Wildman–Crippen MR) is 121 cm³/mol. The second kappa shape index (κ2) is 9.23. The highest BCUT2D eigenvalue weighted by atomic mass is 16.5. The van der Waals surface area contributed by atoms with Crippen molar-refractivity contribution in [3.63, 3.8) is 0 Å². The Morgan fingerprint density at radius 2 is 1.81 bits per heavy atom. The molecule has 0 N–H and O–H groups in total. The third kappa shape index (κ3) is 4.31. The van der Waals surface area contributed by atoms with Crippen LogP contribution < -0.4 is 9.47 Å². The zero-order chi connectivity index (χ0) is 21.9. The van der Waals surface area contributed by atoms with Crippen LogP contribution in [-0.4, -0.2) is 60.5 Å². The van der Waals surface area contributed by atoms with Crippen LogP contribution in [-0.2, 0) is 4.79 Å². The minimum Gasteiger partial charge on any atom is -0.491 e. The Kier molecular flexibility index (Phi) is 6.02. The fourth-order valence-corrected chi connectivity index (χ4v) is 5.35. The lowest BCUT2D eigenvalue weighted by atomic mass is 9.99. The van der Waals surface area contributed by atoms with E-state index < -0.39 is 0 Å². The molecule has 3 aliphatic rings. The van der Waals surface area contributed by atoms with Gasteiger partial charge in [0.1, 0.15) is 24.2 Å². The quantitative estimate of drug-likeness (QED) is 0.668. The molecule has 6 heteroatoms. The van der Waals surface area contributed by atoms with Crippen LogP contribution in [0.2, 0.25) is 0 Å². The highest BCUT2D eigenvalue weighted by Gasteiger charge is 2.45. The molecule has 0 spiro atoms. The lowest BCUT2D eigenvalue weighted by Crippen LogP contribution is -2.33. The van der Waals surface area contributed by atoms with Crippen molar-refractivity contribution in [3.05, 3.63) is 60.2 Å². The number of fused-ring (bicyclic) bond motifs is 1. The molecule has 2 aliphatic heterocycles. The van der Waals surface area contributed by atoms with E-state index in [2.05, 4.69) is 0 Å². The van der Waals surface area contributed by atoms with Crippen LogP contribution in [0.15, 0.2) is 54.6 Å². The molecular weight excluding hydrogens is 404 g/mol. The molecule has 2 aromatic carbocycles. The summed E-state index contributed by atoms with van der Waals surface area (Å²) in [6.45, 7) is 3.25. The van der Waals surface area contributed by atoms with Crippen LogP contribution in [0.1, 0.15) is 36.0 Å². The van der Waals surface area contributed by atoms with Crippen LogP contribution in [0.3, 0.4) is 0 Å². The summed E-state index contributed by atoms with van der Waals surface area (Å²) in [4.78, 5) is 29.0. The Bertz CT molecular complexity index is 963. The zero-order valence-electron chi connectivity index (χ0n) is 18.3. The first-order valence-electron chi connectivity index (χ1n) is 11.7. The first-order chi connectivity index (χ1) is 15.7. The fraction of sp³-hybridized carbons (Fsp3) is 0.462. The maximum Gasteiger partial charge on any atom is 0.257 e. The average Bonchev–Trinajstić information content (AvgIpc) is 3.52. The van der Waals surface area contributed by atoms with E-state index in [4.69, 9.17) is 9.47 Å². The molecule has 0 radical (unpaired) electrons. The van der Waals surface area contributed by atoms with Gasteiger partial charge in [0.05, 0.1) is 12.1 Å². The number of nitrogens with zero attached hydrogens (tertiary/aromatic N) is 2.